The summed E-state index contributed by atoms with van der Waals surface area (Å²) in [6.45, 7) is 5.08. The zero-order valence-electron chi connectivity index (χ0n) is 11.3. The van der Waals surface area contributed by atoms with Crippen LogP contribution < -0.4 is 5.73 Å². The van der Waals surface area contributed by atoms with E-state index >= 15 is 0 Å². The Bertz CT molecular complexity index is 483. The molecule has 0 saturated carbocycles. The first kappa shape index (κ1) is 14.3. The van der Waals surface area contributed by atoms with Crippen molar-refractivity contribution in [1.29, 1.82) is 0 Å². The summed E-state index contributed by atoms with van der Waals surface area (Å²) in [6.07, 6.45) is 0.942. The van der Waals surface area contributed by atoms with Gasteiger partial charge in [0.15, 0.2) is 0 Å². The van der Waals surface area contributed by atoms with Gasteiger partial charge in [-0.3, -0.25) is 4.79 Å². The summed E-state index contributed by atoms with van der Waals surface area (Å²) in [5.74, 6) is 5.79. The third-order valence-electron chi connectivity index (χ3n) is 2.64. The summed E-state index contributed by atoms with van der Waals surface area (Å²) < 4.78 is 0. The minimum Gasteiger partial charge on any atom is -0.342 e. The zero-order chi connectivity index (χ0) is 13.5. The number of aryl methyl sites for hydroxylation is 1. The highest BCUT2D eigenvalue weighted by atomic mass is 16.2. The first-order valence-electron chi connectivity index (χ1n) is 6.15. The molecule has 3 nitrogen and oxygen atoms in total. The average Bonchev–Trinajstić information content (AvgIpc) is 2.36. The van der Waals surface area contributed by atoms with E-state index in [1.54, 1.807) is 4.90 Å². The van der Waals surface area contributed by atoms with E-state index in [0.717, 1.165) is 24.1 Å². The largest absolute Gasteiger partial charge is 0.342 e. The van der Waals surface area contributed by atoms with E-state index in [-0.39, 0.29) is 5.91 Å². The molecular weight excluding hydrogens is 224 g/mol. The van der Waals surface area contributed by atoms with Gasteiger partial charge in [0.2, 0.25) is 0 Å². The third-order valence-corrected chi connectivity index (χ3v) is 2.64. The van der Waals surface area contributed by atoms with Gasteiger partial charge in [0, 0.05) is 19.2 Å². The number of benzene rings is 1. The van der Waals surface area contributed by atoms with Crippen molar-refractivity contribution in [3.8, 4) is 11.8 Å². The van der Waals surface area contributed by atoms with Crippen molar-refractivity contribution in [3.05, 3.63) is 34.9 Å². The number of hydrogen-bond donors (Lipinski definition) is 1. The molecule has 1 amide bonds. The predicted molar refractivity (Wildman–Crippen MR) is 74.4 cm³/mol. The number of amides is 1. The number of carbonyl (C=O) groups excluding carboxylic acids is 1. The SMILES string of the molecule is CCCN(C)C(=O)c1ccc(C)cc1C#CCN. The van der Waals surface area contributed by atoms with Crippen molar-refractivity contribution >= 4 is 5.91 Å². The maximum Gasteiger partial charge on any atom is 0.254 e. The molecule has 0 aromatic heterocycles. The van der Waals surface area contributed by atoms with Gasteiger partial charge in [-0.2, -0.15) is 0 Å². The fourth-order valence-electron chi connectivity index (χ4n) is 1.74. The first-order valence-corrected chi connectivity index (χ1v) is 6.15. The molecule has 0 aliphatic rings. The maximum atomic E-state index is 12.3. The molecule has 1 rings (SSSR count). The summed E-state index contributed by atoms with van der Waals surface area (Å²) in [4.78, 5) is 14.0. The molecule has 0 spiro atoms. The molecule has 0 saturated heterocycles. The van der Waals surface area contributed by atoms with Crippen LogP contribution in [0.4, 0.5) is 0 Å². The molecule has 0 radical (unpaired) electrons. The quantitative estimate of drug-likeness (QED) is 0.824. The fraction of sp³-hybridized carbons (Fsp3) is 0.400. The molecule has 0 bridgehead atoms. The van der Waals surface area contributed by atoms with E-state index in [1.807, 2.05) is 39.1 Å². The Hall–Kier alpha value is -1.79. The van der Waals surface area contributed by atoms with Crippen LogP contribution in [0.5, 0.6) is 0 Å². The number of hydrogen-bond acceptors (Lipinski definition) is 2. The van der Waals surface area contributed by atoms with Crippen LogP contribution in [0.1, 0.15) is 34.8 Å². The highest BCUT2D eigenvalue weighted by molar-refractivity contribution is 5.96. The van der Waals surface area contributed by atoms with Crippen molar-refractivity contribution in [2.45, 2.75) is 20.3 Å². The Labute approximate surface area is 109 Å². The number of rotatable bonds is 3. The summed E-state index contributed by atoms with van der Waals surface area (Å²) in [6, 6.07) is 5.70. The van der Waals surface area contributed by atoms with Gasteiger partial charge in [-0.25, -0.2) is 0 Å². The van der Waals surface area contributed by atoms with Crippen LogP contribution in [0, 0.1) is 18.8 Å². The van der Waals surface area contributed by atoms with Crippen molar-refractivity contribution in [1.82, 2.24) is 4.90 Å². The Morgan fingerprint density at radius 2 is 2.17 bits per heavy atom. The summed E-state index contributed by atoms with van der Waals surface area (Å²) >= 11 is 0. The summed E-state index contributed by atoms with van der Waals surface area (Å²) in [7, 11) is 1.81. The average molecular weight is 244 g/mol. The van der Waals surface area contributed by atoms with Crippen LogP contribution in [0.2, 0.25) is 0 Å². The lowest BCUT2D eigenvalue weighted by molar-refractivity contribution is 0.0795. The van der Waals surface area contributed by atoms with Gasteiger partial charge in [0.05, 0.1) is 12.1 Å². The molecule has 1 aromatic rings. The topological polar surface area (TPSA) is 46.3 Å². The molecule has 1 aromatic carbocycles. The molecule has 0 atom stereocenters. The van der Waals surface area contributed by atoms with Crippen LogP contribution in [0.3, 0.4) is 0 Å². The second-order valence-corrected chi connectivity index (χ2v) is 4.28. The highest BCUT2D eigenvalue weighted by Crippen LogP contribution is 2.13. The smallest absolute Gasteiger partial charge is 0.254 e. The number of nitrogens with two attached hydrogens (primary N) is 1. The lowest BCUT2D eigenvalue weighted by Gasteiger charge is -2.17. The Morgan fingerprint density at radius 3 is 2.78 bits per heavy atom. The fourth-order valence-corrected chi connectivity index (χ4v) is 1.74. The standard InChI is InChI=1S/C15H20N2O/c1-4-10-17(3)15(18)14-8-7-12(2)11-13(14)6-5-9-16/h7-8,11H,4,9-10,16H2,1-3H3. The first-order chi connectivity index (χ1) is 8.60. The van der Waals surface area contributed by atoms with E-state index in [2.05, 4.69) is 11.8 Å². The van der Waals surface area contributed by atoms with Gasteiger partial charge in [-0.1, -0.05) is 24.8 Å². The van der Waals surface area contributed by atoms with Crippen molar-refractivity contribution in [2.75, 3.05) is 20.1 Å². The molecule has 0 heterocycles. The zero-order valence-corrected chi connectivity index (χ0v) is 11.3. The van der Waals surface area contributed by atoms with Gasteiger partial charge in [0.1, 0.15) is 0 Å². The maximum absolute atomic E-state index is 12.3. The van der Waals surface area contributed by atoms with Crippen LogP contribution in [-0.2, 0) is 0 Å². The van der Waals surface area contributed by atoms with Crippen LogP contribution >= 0.6 is 0 Å². The van der Waals surface area contributed by atoms with E-state index in [0.29, 0.717) is 12.1 Å². The Balaban J connectivity index is 3.11. The third kappa shape index (κ3) is 3.61. The summed E-state index contributed by atoms with van der Waals surface area (Å²) in [5, 5.41) is 0. The van der Waals surface area contributed by atoms with Crippen molar-refractivity contribution in [3.63, 3.8) is 0 Å². The van der Waals surface area contributed by atoms with Gasteiger partial charge in [0.25, 0.3) is 5.91 Å². The van der Waals surface area contributed by atoms with E-state index in [1.165, 1.54) is 0 Å². The number of nitrogens with zero attached hydrogens (tertiary/aromatic N) is 1. The van der Waals surface area contributed by atoms with E-state index in [4.69, 9.17) is 5.73 Å². The Kier molecular flexibility index (Phi) is 5.41. The lowest BCUT2D eigenvalue weighted by atomic mass is 10.0. The lowest BCUT2D eigenvalue weighted by Crippen LogP contribution is -2.28. The molecule has 0 fully saturated rings. The minimum atomic E-state index is 0.0122. The number of carbonyl (C=O) groups is 1. The molecular formula is C15H20N2O. The summed E-state index contributed by atoms with van der Waals surface area (Å²) in [5.41, 5.74) is 7.88. The molecule has 3 heteroatoms. The van der Waals surface area contributed by atoms with Gasteiger partial charge in [-0.15, -0.1) is 0 Å². The van der Waals surface area contributed by atoms with E-state index < -0.39 is 0 Å². The van der Waals surface area contributed by atoms with Crippen LogP contribution in [0.25, 0.3) is 0 Å². The second-order valence-electron chi connectivity index (χ2n) is 4.28. The predicted octanol–water partition coefficient (Wildman–Crippen LogP) is 1.79. The normalized spacial score (nSPS) is 9.56. The van der Waals surface area contributed by atoms with Crippen LogP contribution in [0.15, 0.2) is 18.2 Å². The molecule has 0 aliphatic heterocycles. The van der Waals surface area contributed by atoms with Crippen LogP contribution in [-0.4, -0.2) is 30.9 Å². The second kappa shape index (κ2) is 6.83. The molecule has 0 unspecified atom stereocenters. The van der Waals surface area contributed by atoms with Gasteiger partial charge in [-0.05, 0) is 31.0 Å². The molecule has 2 N–H and O–H groups in total. The molecule has 0 aliphatic carbocycles. The van der Waals surface area contributed by atoms with Crippen molar-refractivity contribution in [2.24, 2.45) is 5.73 Å². The van der Waals surface area contributed by atoms with E-state index in [9.17, 15) is 4.79 Å². The van der Waals surface area contributed by atoms with Gasteiger partial charge >= 0.3 is 0 Å². The van der Waals surface area contributed by atoms with Crippen molar-refractivity contribution < 1.29 is 4.79 Å². The van der Waals surface area contributed by atoms with Gasteiger partial charge < -0.3 is 10.6 Å². The monoisotopic (exact) mass is 244 g/mol. The Morgan fingerprint density at radius 1 is 1.44 bits per heavy atom. The molecule has 18 heavy (non-hydrogen) atoms. The highest BCUT2D eigenvalue weighted by Gasteiger charge is 2.14. The minimum absolute atomic E-state index is 0.0122. The molecule has 96 valence electrons.